The number of amides is 1. The Labute approximate surface area is 181 Å². The maximum absolute atomic E-state index is 12.7. The van der Waals surface area contributed by atoms with Gasteiger partial charge in [-0.05, 0) is 36.0 Å². The third-order valence-electron chi connectivity index (χ3n) is 4.36. The fourth-order valence-corrected chi connectivity index (χ4v) is 5.26. The Morgan fingerprint density at radius 2 is 1.97 bits per heavy atom. The summed E-state index contributed by atoms with van der Waals surface area (Å²) in [5.41, 5.74) is 0.523. The summed E-state index contributed by atoms with van der Waals surface area (Å²) in [7, 11) is -4.06. The molecule has 162 valence electrons. The Morgan fingerprint density at radius 3 is 2.47 bits per heavy atom. The Kier molecular flexibility index (Phi) is 7.36. The Hall–Kier alpha value is -2.32. The first kappa shape index (κ1) is 24.0. The van der Waals surface area contributed by atoms with Crippen LogP contribution in [0.4, 0.5) is 5.69 Å². The summed E-state index contributed by atoms with van der Waals surface area (Å²) in [5, 5.41) is 24.3. The molecule has 1 unspecified atom stereocenters. The molecule has 2 aromatic rings. The zero-order valence-corrected chi connectivity index (χ0v) is 19.2. The molecule has 3 N–H and O–H groups in total. The van der Waals surface area contributed by atoms with Crippen LogP contribution in [0.15, 0.2) is 28.0 Å². The number of nitrogens with one attached hydrogen (secondary N) is 2. The van der Waals surface area contributed by atoms with Gasteiger partial charge in [0.05, 0.1) is 18.1 Å². The Morgan fingerprint density at radius 1 is 1.30 bits per heavy atom. The number of aliphatic hydroxyl groups is 1. The minimum absolute atomic E-state index is 0.0300. The Bertz CT molecular complexity index is 1050. The van der Waals surface area contributed by atoms with E-state index in [2.05, 4.69) is 21.1 Å². The van der Waals surface area contributed by atoms with Crippen molar-refractivity contribution in [3.05, 3.63) is 40.4 Å². The molecule has 0 saturated carbocycles. The van der Waals surface area contributed by atoms with Crippen molar-refractivity contribution in [2.45, 2.75) is 62.9 Å². The lowest BCUT2D eigenvalue weighted by molar-refractivity contribution is -0.120. The maximum Gasteiger partial charge on any atom is 0.270 e. The van der Waals surface area contributed by atoms with Crippen molar-refractivity contribution < 1.29 is 18.3 Å². The van der Waals surface area contributed by atoms with Gasteiger partial charge in [-0.2, -0.15) is 9.98 Å². The van der Waals surface area contributed by atoms with Gasteiger partial charge >= 0.3 is 0 Å². The van der Waals surface area contributed by atoms with Crippen LogP contribution >= 0.6 is 11.3 Å². The molecular formula is C20H26N4O4S2. The molecule has 8 nitrogen and oxygen atoms in total. The predicted octanol–water partition coefficient (Wildman–Crippen LogP) is 3.28. The highest BCUT2D eigenvalue weighted by Gasteiger charge is 2.32. The Balaban J connectivity index is 2.30. The molecule has 0 aliphatic heterocycles. The van der Waals surface area contributed by atoms with Gasteiger partial charge in [-0.15, -0.1) is 11.3 Å². The summed E-state index contributed by atoms with van der Waals surface area (Å²) < 4.78 is 26.6. The number of nitrogens with zero attached hydrogens (tertiary/aromatic N) is 2. The number of hydrogen-bond donors (Lipinski definition) is 3. The predicted molar refractivity (Wildman–Crippen MR) is 116 cm³/mol. The molecule has 0 saturated heterocycles. The summed E-state index contributed by atoms with van der Waals surface area (Å²) >= 11 is 0.903. The number of hydrogen-bond acceptors (Lipinski definition) is 7. The number of nitriles is 1. The molecule has 0 spiro atoms. The van der Waals surface area contributed by atoms with Gasteiger partial charge < -0.3 is 10.4 Å². The number of rotatable bonds is 8. The minimum atomic E-state index is -4.06. The maximum atomic E-state index is 12.7. The molecule has 1 aromatic carbocycles. The number of carbonyl (C=O) groups is 1. The normalized spacial score (nSPS) is 13.8. The van der Waals surface area contributed by atoms with Gasteiger partial charge in [0, 0.05) is 17.3 Å². The lowest BCUT2D eigenvalue weighted by Gasteiger charge is -2.25. The smallest absolute Gasteiger partial charge is 0.270 e. The molecule has 0 fully saturated rings. The number of carbonyl (C=O) groups excluding carboxylic acids is 1. The van der Waals surface area contributed by atoms with Crippen LogP contribution in [0.25, 0.3) is 0 Å². The first-order chi connectivity index (χ1) is 13.9. The van der Waals surface area contributed by atoms with E-state index in [0.717, 1.165) is 16.9 Å². The first-order valence-corrected chi connectivity index (χ1v) is 11.8. The molecule has 0 aliphatic carbocycles. The average molecular weight is 451 g/mol. The van der Waals surface area contributed by atoms with E-state index >= 15 is 0 Å². The average Bonchev–Trinajstić information content (AvgIpc) is 3.14. The molecule has 1 amide bonds. The third kappa shape index (κ3) is 5.64. The van der Waals surface area contributed by atoms with E-state index in [4.69, 9.17) is 0 Å². The summed E-state index contributed by atoms with van der Waals surface area (Å²) in [5.74, 6) is -0.534. The largest absolute Gasteiger partial charge is 0.375 e. The first-order valence-electron chi connectivity index (χ1n) is 9.40. The molecule has 30 heavy (non-hydrogen) atoms. The van der Waals surface area contributed by atoms with E-state index in [-0.39, 0.29) is 16.2 Å². The highest BCUT2D eigenvalue weighted by molar-refractivity contribution is 7.91. The van der Waals surface area contributed by atoms with E-state index in [1.165, 1.54) is 18.5 Å². The molecule has 0 bridgehead atoms. The zero-order valence-electron chi connectivity index (χ0n) is 17.6. The van der Waals surface area contributed by atoms with Gasteiger partial charge in [0.15, 0.2) is 0 Å². The highest BCUT2D eigenvalue weighted by atomic mass is 32.2. The fourth-order valence-electron chi connectivity index (χ4n) is 3.16. The van der Waals surface area contributed by atoms with Gasteiger partial charge in [-0.25, -0.2) is 13.4 Å². The summed E-state index contributed by atoms with van der Waals surface area (Å²) in [4.78, 5) is 16.5. The molecule has 0 aliphatic rings. The summed E-state index contributed by atoms with van der Waals surface area (Å²) in [6.07, 6.45) is 0.813. The summed E-state index contributed by atoms with van der Waals surface area (Å²) in [6.45, 7) is 9.00. The van der Waals surface area contributed by atoms with Gasteiger partial charge in [0.1, 0.15) is 5.72 Å². The van der Waals surface area contributed by atoms with Gasteiger partial charge in [-0.1, -0.05) is 33.8 Å². The third-order valence-corrected chi connectivity index (χ3v) is 7.15. The number of thiazole rings is 1. The minimum Gasteiger partial charge on any atom is -0.375 e. The van der Waals surface area contributed by atoms with Crippen LogP contribution < -0.4 is 10.0 Å². The van der Waals surface area contributed by atoms with Crippen LogP contribution in [0.1, 0.15) is 69.6 Å². The van der Waals surface area contributed by atoms with E-state index in [0.29, 0.717) is 16.8 Å². The standard InChI is InChI=1S/C20H26N4O4S2/c1-12(2)15-7-6-14(11-21)17(13(3)4)18(15)23-16(25)10-20(5,26)24-30(27,28)19-22-8-9-29-19/h6-9,12-13,24,26H,10H2,1-5H3,(H,23,25). The molecule has 1 heterocycles. The molecule has 2 rings (SSSR count). The van der Waals surface area contributed by atoms with Crippen molar-refractivity contribution in [1.82, 2.24) is 9.71 Å². The topological polar surface area (TPSA) is 132 Å². The zero-order chi connectivity index (χ0) is 22.7. The second kappa shape index (κ2) is 9.22. The van der Waals surface area contributed by atoms with Crippen molar-refractivity contribution in [3.8, 4) is 6.07 Å². The fraction of sp³-hybridized carbons (Fsp3) is 0.450. The van der Waals surface area contributed by atoms with E-state index in [9.17, 15) is 23.6 Å². The van der Waals surface area contributed by atoms with Crippen LogP contribution in [0.2, 0.25) is 0 Å². The van der Waals surface area contributed by atoms with Crippen molar-refractivity contribution >= 4 is 33.0 Å². The number of anilines is 1. The van der Waals surface area contributed by atoms with Crippen LogP contribution in [-0.4, -0.2) is 30.1 Å². The van der Waals surface area contributed by atoms with E-state index in [1.54, 1.807) is 12.1 Å². The van der Waals surface area contributed by atoms with Crippen LogP contribution in [0, 0.1) is 11.3 Å². The van der Waals surface area contributed by atoms with Gasteiger partial charge in [-0.3, -0.25) is 4.79 Å². The molecule has 10 heteroatoms. The van der Waals surface area contributed by atoms with E-state index < -0.39 is 28.1 Å². The lowest BCUT2D eigenvalue weighted by Crippen LogP contribution is -2.48. The summed E-state index contributed by atoms with van der Waals surface area (Å²) in [6, 6.07) is 5.69. The van der Waals surface area contributed by atoms with Crippen molar-refractivity contribution in [2.75, 3.05) is 5.32 Å². The monoisotopic (exact) mass is 450 g/mol. The van der Waals surface area contributed by atoms with Crippen LogP contribution in [0.5, 0.6) is 0 Å². The molecule has 1 atom stereocenters. The second-order valence-electron chi connectivity index (χ2n) is 7.81. The van der Waals surface area contributed by atoms with Crippen LogP contribution in [0.3, 0.4) is 0 Å². The van der Waals surface area contributed by atoms with Crippen molar-refractivity contribution in [1.29, 1.82) is 5.26 Å². The van der Waals surface area contributed by atoms with Crippen molar-refractivity contribution in [2.24, 2.45) is 0 Å². The second-order valence-corrected chi connectivity index (χ2v) is 10.6. The number of aromatic nitrogens is 1. The van der Waals surface area contributed by atoms with E-state index in [1.807, 2.05) is 27.7 Å². The van der Waals surface area contributed by atoms with Crippen LogP contribution in [-0.2, 0) is 14.8 Å². The van der Waals surface area contributed by atoms with Gasteiger partial charge in [0.25, 0.3) is 10.0 Å². The molecular weight excluding hydrogens is 424 g/mol. The lowest BCUT2D eigenvalue weighted by atomic mass is 9.89. The molecule has 0 radical (unpaired) electrons. The highest BCUT2D eigenvalue weighted by Crippen LogP contribution is 2.35. The van der Waals surface area contributed by atoms with Crippen molar-refractivity contribution in [3.63, 3.8) is 0 Å². The molecule has 1 aromatic heterocycles. The quantitative estimate of drug-likeness (QED) is 0.529. The number of benzene rings is 1. The SMILES string of the molecule is CC(C)c1ccc(C#N)c(C(C)C)c1NC(=O)CC(C)(O)NS(=O)(=O)c1nccs1. The number of sulfonamides is 1. The van der Waals surface area contributed by atoms with Gasteiger partial charge in [0.2, 0.25) is 10.2 Å².